The summed E-state index contributed by atoms with van der Waals surface area (Å²) in [7, 11) is 0. The molecule has 37 heavy (non-hydrogen) atoms. The van der Waals surface area contributed by atoms with Crippen LogP contribution < -0.4 is 5.56 Å². The minimum absolute atomic E-state index is 0.0749. The van der Waals surface area contributed by atoms with Gasteiger partial charge < -0.3 is 0 Å². The highest BCUT2D eigenvalue weighted by Crippen LogP contribution is 2.28. The highest BCUT2D eigenvalue weighted by atomic mass is 79.9. The molecule has 2 aromatic carbocycles. The molecule has 3 aromatic heterocycles. The number of nitro groups is 1. The van der Waals surface area contributed by atoms with Crippen LogP contribution in [0.25, 0.3) is 27.6 Å². The lowest BCUT2D eigenvalue weighted by atomic mass is 10.1. The molecule has 0 saturated heterocycles. The van der Waals surface area contributed by atoms with Gasteiger partial charge in [-0.3, -0.25) is 19.5 Å². The smallest absolute Gasteiger partial charge is 0.287 e. The van der Waals surface area contributed by atoms with E-state index in [-0.39, 0.29) is 11.2 Å². The number of aromatic nitrogens is 4. The van der Waals surface area contributed by atoms with Crippen molar-refractivity contribution in [2.75, 3.05) is 0 Å². The highest BCUT2D eigenvalue weighted by molar-refractivity contribution is 9.10. The van der Waals surface area contributed by atoms with E-state index in [0.29, 0.717) is 29.0 Å². The van der Waals surface area contributed by atoms with Crippen LogP contribution in [0.1, 0.15) is 36.8 Å². The van der Waals surface area contributed by atoms with Gasteiger partial charge in [0.1, 0.15) is 17.8 Å². The van der Waals surface area contributed by atoms with Crippen molar-refractivity contribution in [3.63, 3.8) is 0 Å². The number of aryl methyl sites for hydroxylation is 1. The number of rotatable bonds is 7. The second kappa shape index (κ2) is 10.1. The number of nitrogens with zero attached hydrogens (tertiary/aromatic N) is 6. The SMILES string of the molecule is CCCCc1nc2ccc(Br)cc2c(=O)n1N=Cc1c(C)n(-c2ccc([N+](=O)[O-])cn2)c2ccccc12. The third-order valence-electron chi connectivity index (χ3n) is 6.26. The van der Waals surface area contributed by atoms with Gasteiger partial charge in [0.25, 0.3) is 11.2 Å². The Morgan fingerprint density at radius 2 is 1.95 bits per heavy atom. The summed E-state index contributed by atoms with van der Waals surface area (Å²) in [5.74, 6) is 1.16. The summed E-state index contributed by atoms with van der Waals surface area (Å²) < 4.78 is 4.11. The highest BCUT2D eigenvalue weighted by Gasteiger charge is 2.17. The molecule has 0 saturated carbocycles. The summed E-state index contributed by atoms with van der Waals surface area (Å²) in [6, 6.07) is 16.3. The van der Waals surface area contributed by atoms with E-state index in [2.05, 4.69) is 32.9 Å². The lowest BCUT2D eigenvalue weighted by molar-refractivity contribution is -0.385. The van der Waals surface area contributed by atoms with E-state index in [1.165, 1.54) is 16.9 Å². The molecule has 0 atom stereocenters. The molecule has 0 amide bonds. The van der Waals surface area contributed by atoms with Crippen molar-refractivity contribution in [3.8, 4) is 5.82 Å². The maximum Gasteiger partial charge on any atom is 0.287 e. The monoisotopic (exact) mass is 558 g/mol. The maximum atomic E-state index is 13.5. The van der Waals surface area contributed by atoms with Gasteiger partial charge in [0.05, 0.1) is 27.6 Å². The Kier molecular flexibility index (Phi) is 6.66. The molecule has 0 aliphatic rings. The molecular weight excluding hydrogens is 536 g/mol. The first-order valence-corrected chi connectivity index (χ1v) is 12.6. The van der Waals surface area contributed by atoms with Crippen molar-refractivity contribution in [1.82, 2.24) is 19.2 Å². The number of hydrogen-bond acceptors (Lipinski definition) is 6. The number of pyridine rings is 1. The third-order valence-corrected chi connectivity index (χ3v) is 6.76. The van der Waals surface area contributed by atoms with Gasteiger partial charge in [-0.25, -0.2) is 9.97 Å². The molecule has 0 bridgehead atoms. The number of fused-ring (bicyclic) bond motifs is 2. The first kappa shape index (κ1) is 24.5. The van der Waals surface area contributed by atoms with Crippen LogP contribution in [0.3, 0.4) is 0 Å². The van der Waals surface area contributed by atoms with E-state index >= 15 is 0 Å². The maximum absolute atomic E-state index is 13.5. The van der Waals surface area contributed by atoms with E-state index in [4.69, 9.17) is 4.98 Å². The predicted octanol–water partition coefficient (Wildman–Crippen LogP) is 5.94. The van der Waals surface area contributed by atoms with Crippen molar-refractivity contribution >= 4 is 49.6 Å². The molecule has 186 valence electrons. The van der Waals surface area contributed by atoms with E-state index in [1.54, 1.807) is 18.3 Å². The van der Waals surface area contributed by atoms with Crippen molar-refractivity contribution < 1.29 is 4.92 Å². The van der Waals surface area contributed by atoms with Crippen LogP contribution in [-0.2, 0) is 6.42 Å². The fourth-order valence-corrected chi connectivity index (χ4v) is 4.76. The largest absolute Gasteiger partial charge is 0.298 e. The molecule has 9 nitrogen and oxygen atoms in total. The van der Waals surface area contributed by atoms with E-state index in [0.717, 1.165) is 39.5 Å². The molecule has 0 N–H and O–H groups in total. The van der Waals surface area contributed by atoms with E-state index in [9.17, 15) is 14.9 Å². The second-order valence-electron chi connectivity index (χ2n) is 8.64. The summed E-state index contributed by atoms with van der Waals surface area (Å²) in [5, 5.41) is 17.1. The van der Waals surface area contributed by atoms with Crippen LogP contribution >= 0.6 is 15.9 Å². The third kappa shape index (κ3) is 4.55. The topological polar surface area (TPSA) is 108 Å². The molecule has 0 fully saturated rings. The molecule has 0 radical (unpaired) electrons. The fourth-order valence-electron chi connectivity index (χ4n) is 4.40. The van der Waals surface area contributed by atoms with Gasteiger partial charge in [0.15, 0.2) is 0 Å². The van der Waals surface area contributed by atoms with Crippen molar-refractivity contribution in [2.24, 2.45) is 5.10 Å². The molecule has 5 rings (SSSR count). The van der Waals surface area contributed by atoms with Crippen molar-refractivity contribution in [3.05, 3.63) is 103 Å². The van der Waals surface area contributed by atoms with Crippen LogP contribution in [-0.4, -0.2) is 30.3 Å². The number of unbranched alkanes of at least 4 members (excludes halogenated alkanes) is 1. The Balaban J connectivity index is 1.67. The zero-order valence-electron chi connectivity index (χ0n) is 20.3. The van der Waals surface area contributed by atoms with Gasteiger partial charge in [-0.05, 0) is 43.7 Å². The van der Waals surface area contributed by atoms with E-state index < -0.39 is 4.92 Å². The summed E-state index contributed by atoms with van der Waals surface area (Å²) >= 11 is 3.44. The summed E-state index contributed by atoms with van der Waals surface area (Å²) in [6.45, 7) is 4.02. The minimum Gasteiger partial charge on any atom is -0.298 e. The first-order valence-electron chi connectivity index (χ1n) is 11.9. The lowest BCUT2D eigenvalue weighted by Gasteiger charge is -2.09. The molecular formula is C27H23BrN6O3. The average Bonchev–Trinajstić information content (AvgIpc) is 3.18. The predicted molar refractivity (Wildman–Crippen MR) is 148 cm³/mol. The normalized spacial score (nSPS) is 11.6. The van der Waals surface area contributed by atoms with Crippen LogP contribution in [0.15, 0.2) is 75.2 Å². The first-order chi connectivity index (χ1) is 17.9. The van der Waals surface area contributed by atoms with E-state index in [1.807, 2.05) is 47.9 Å². The summed E-state index contributed by atoms with van der Waals surface area (Å²) in [4.78, 5) is 33.1. The Morgan fingerprint density at radius 3 is 2.68 bits per heavy atom. The van der Waals surface area contributed by atoms with Crippen molar-refractivity contribution in [1.29, 1.82) is 0 Å². The van der Waals surface area contributed by atoms with Gasteiger partial charge in [0, 0.05) is 33.6 Å². The molecule has 0 aliphatic heterocycles. The van der Waals surface area contributed by atoms with Crippen molar-refractivity contribution in [2.45, 2.75) is 33.1 Å². The van der Waals surface area contributed by atoms with Crippen LogP contribution in [0.4, 0.5) is 5.69 Å². The Bertz CT molecular complexity index is 1740. The van der Waals surface area contributed by atoms with Crippen LogP contribution in [0, 0.1) is 17.0 Å². The Labute approximate surface area is 220 Å². The number of benzene rings is 2. The molecule has 3 heterocycles. The second-order valence-corrected chi connectivity index (χ2v) is 9.55. The molecule has 10 heteroatoms. The Morgan fingerprint density at radius 1 is 1.14 bits per heavy atom. The number of halogens is 1. The zero-order valence-corrected chi connectivity index (χ0v) is 21.8. The lowest BCUT2D eigenvalue weighted by Crippen LogP contribution is -2.22. The van der Waals surface area contributed by atoms with Crippen LogP contribution in [0.5, 0.6) is 0 Å². The van der Waals surface area contributed by atoms with Crippen LogP contribution in [0.2, 0.25) is 0 Å². The summed E-state index contributed by atoms with van der Waals surface area (Å²) in [6.07, 6.45) is 5.40. The van der Waals surface area contributed by atoms with Gasteiger partial charge in [-0.15, -0.1) is 0 Å². The molecule has 0 aliphatic carbocycles. The molecule has 5 aromatic rings. The zero-order chi connectivity index (χ0) is 26.1. The van der Waals surface area contributed by atoms with Gasteiger partial charge in [-0.1, -0.05) is 47.5 Å². The standard InChI is InChI=1S/C27H23BrN6O3/c1-3-4-9-26-31-23-12-10-18(28)14-21(23)27(35)33(26)30-16-22-17(2)32(24-8-6-5-7-20(22)24)25-13-11-19(15-29-25)34(36)37/h5-8,10-16H,3-4,9H2,1-2H3. The Hall–Kier alpha value is -4.18. The van der Waals surface area contributed by atoms with Gasteiger partial charge >= 0.3 is 0 Å². The quantitative estimate of drug-likeness (QED) is 0.139. The fraction of sp³-hybridized carbons (Fsp3) is 0.185. The van der Waals surface area contributed by atoms with Gasteiger partial charge in [-0.2, -0.15) is 9.78 Å². The molecule has 0 unspecified atom stereocenters. The number of para-hydroxylation sites is 1. The molecule has 0 spiro atoms. The average molecular weight is 559 g/mol. The minimum atomic E-state index is -0.473. The summed E-state index contributed by atoms with van der Waals surface area (Å²) in [5.41, 5.74) is 2.87. The van der Waals surface area contributed by atoms with Gasteiger partial charge in [0.2, 0.25) is 0 Å². The number of hydrogen-bond donors (Lipinski definition) is 0.